The highest BCUT2D eigenvalue weighted by Crippen LogP contribution is 2.33. The van der Waals surface area contributed by atoms with Crippen LogP contribution in [0.25, 0.3) is 22.0 Å². The standard InChI is InChI=1S/C28H27FN6O5.H2S/c1-15-5-10-20(29)17(11-15)12-24(37)33-18-8-6-16(7-9-18)19-3-2-4-22-26(19)27(31)34-35(22)25(38)14-32-23(36)13-21(30)28(39)40;/h2-11,21H,12-14,30H2,1H3,(H2,31,34)(H,32,36)(H,33,37)(H,39,40);1H2/t21-;/m0./s1. The van der Waals surface area contributed by atoms with E-state index >= 15 is 0 Å². The van der Waals surface area contributed by atoms with E-state index in [-0.39, 0.29) is 31.6 Å². The van der Waals surface area contributed by atoms with Crippen molar-refractivity contribution >= 4 is 59.6 Å². The summed E-state index contributed by atoms with van der Waals surface area (Å²) in [5.74, 6) is -3.31. The van der Waals surface area contributed by atoms with Crippen molar-refractivity contribution in [2.45, 2.75) is 25.8 Å². The van der Waals surface area contributed by atoms with Crippen molar-refractivity contribution in [1.82, 2.24) is 15.1 Å². The third kappa shape index (κ3) is 7.26. The van der Waals surface area contributed by atoms with E-state index in [4.69, 9.17) is 16.6 Å². The molecular formula is C28H29FN6O5S. The number of carbonyl (C=O) groups excluding carboxylic acids is 3. The molecule has 0 unspecified atom stereocenters. The Morgan fingerprint density at radius 3 is 2.44 bits per heavy atom. The Kier molecular flexibility index (Phi) is 9.81. The third-order valence-corrected chi connectivity index (χ3v) is 6.16. The first kappa shape index (κ1) is 30.8. The van der Waals surface area contributed by atoms with Gasteiger partial charge in [-0.15, -0.1) is 5.10 Å². The average Bonchev–Trinajstić information content (AvgIpc) is 3.26. The summed E-state index contributed by atoms with van der Waals surface area (Å²) in [5.41, 5.74) is 15.0. The Morgan fingerprint density at radius 1 is 1.05 bits per heavy atom. The molecule has 0 bridgehead atoms. The van der Waals surface area contributed by atoms with Crippen molar-refractivity contribution in [3.05, 3.63) is 77.6 Å². The van der Waals surface area contributed by atoms with Gasteiger partial charge in [-0.3, -0.25) is 19.2 Å². The lowest BCUT2D eigenvalue weighted by Crippen LogP contribution is -2.39. The number of halogens is 1. The largest absolute Gasteiger partial charge is 0.480 e. The van der Waals surface area contributed by atoms with Crippen molar-refractivity contribution in [2.24, 2.45) is 5.73 Å². The van der Waals surface area contributed by atoms with E-state index < -0.39 is 42.6 Å². The molecule has 13 heteroatoms. The van der Waals surface area contributed by atoms with Gasteiger partial charge >= 0.3 is 5.97 Å². The van der Waals surface area contributed by atoms with Gasteiger partial charge in [0.15, 0.2) is 5.82 Å². The van der Waals surface area contributed by atoms with Crippen LogP contribution in [0, 0.1) is 12.7 Å². The molecule has 214 valence electrons. The van der Waals surface area contributed by atoms with Gasteiger partial charge in [0.05, 0.1) is 30.3 Å². The molecule has 7 N–H and O–H groups in total. The van der Waals surface area contributed by atoms with Crippen molar-refractivity contribution in [3.63, 3.8) is 0 Å². The average molecular weight is 581 g/mol. The number of rotatable bonds is 9. The number of nitrogen functional groups attached to an aromatic ring is 1. The summed E-state index contributed by atoms with van der Waals surface area (Å²) in [6.45, 7) is 1.39. The number of aryl methyl sites for hydroxylation is 1. The van der Waals surface area contributed by atoms with Crippen LogP contribution >= 0.6 is 13.5 Å². The molecule has 11 nitrogen and oxygen atoms in total. The molecule has 0 radical (unpaired) electrons. The Bertz CT molecular complexity index is 1620. The first-order valence-corrected chi connectivity index (χ1v) is 12.2. The quantitative estimate of drug-likeness (QED) is 0.200. The van der Waals surface area contributed by atoms with Crippen molar-refractivity contribution < 1.29 is 28.7 Å². The van der Waals surface area contributed by atoms with Gasteiger partial charge < -0.3 is 27.2 Å². The predicted molar refractivity (Wildman–Crippen MR) is 157 cm³/mol. The van der Waals surface area contributed by atoms with Crippen molar-refractivity contribution in [2.75, 3.05) is 17.6 Å². The van der Waals surface area contributed by atoms with Crippen LogP contribution in [0.4, 0.5) is 15.9 Å². The Morgan fingerprint density at radius 2 is 1.76 bits per heavy atom. The maximum atomic E-state index is 14.0. The highest BCUT2D eigenvalue weighted by atomic mass is 32.1. The molecule has 4 rings (SSSR count). The second kappa shape index (κ2) is 13.1. The molecule has 0 aliphatic carbocycles. The zero-order chi connectivity index (χ0) is 29.0. The van der Waals surface area contributed by atoms with Crippen molar-refractivity contribution in [3.8, 4) is 11.1 Å². The van der Waals surface area contributed by atoms with E-state index in [0.29, 0.717) is 27.7 Å². The van der Waals surface area contributed by atoms with Crippen LogP contribution < -0.4 is 22.1 Å². The monoisotopic (exact) mass is 580 g/mol. The summed E-state index contributed by atoms with van der Waals surface area (Å²) in [6.07, 6.45) is -0.584. The van der Waals surface area contributed by atoms with E-state index in [0.717, 1.165) is 15.8 Å². The minimum Gasteiger partial charge on any atom is -0.480 e. The number of hydrogen-bond donors (Lipinski definition) is 5. The van der Waals surface area contributed by atoms with Crippen LogP contribution in [-0.4, -0.2) is 51.2 Å². The van der Waals surface area contributed by atoms with Gasteiger partial charge in [-0.1, -0.05) is 42.0 Å². The van der Waals surface area contributed by atoms with Crippen LogP contribution in [0.3, 0.4) is 0 Å². The Hall–Kier alpha value is -4.75. The number of nitrogens with one attached hydrogen (secondary N) is 2. The zero-order valence-electron chi connectivity index (χ0n) is 22.0. The Labute approximate surface area is 241 Å². The lowest BCUT2D eigenvalue weighted by atomic mass is 10.0. The first-order valence-electron chi connectivity index (χ1n) is 12.2. The summed E-state index contributed by atoms with van der Waals surface area (Å²) in [5, 5.41) is 18.6. The molecule has 0 spiro atoms. The molecule has 2 amide bonds. The lowest BCUT2D eigenvalue weighted by Gasteiger charge is -2.09. The number of carbonyl (C=O) groups is 4. The van der Waals surface area contributed by atoms with E-state index in [9.17, 15) is 23.6 Å². The molecule has 1 aromatic heterocycles. The number of benzene rings is 3. The number of anilines is 2. The summed E-state index contributed by atoms with van der Waals surface area (Å²) in [6, 6.07) is 15.3. The molecule has 0 aliphatic heterocycles. The smallest absolute Gasteiger partial charge is 0.321 e. The number of carboxylic acids is 1. The fourth-order valence-corrected chi connectivity index (χ4v) is 4.19. The number of hydrogen-bond acceptors (Lipinski definition) is 7. The predicted octanol–water partition coefficient (Wildman–Crippen LogP) is 2.59. The number of aromatic nitrogens is 2. The highest BCUT2D eigenvalue weighted by molar-refractivity contribution is 7.59. The minimum atomic E-state index is -1.38. The summed E-state index contributed by atoms with van der Waals surface area (Å²) >= 11 is 0. The summed E-state index contributed by atoms with van der Waals surface area (Å²) in [7, 11) is 0. The number of nitrogens with zero attached hydrogens (tertiary/aromatic N) is 2. The molecule has 3 aromatic carbocycles. The van der Waals surface area contributed by atoms with Crippen molar-refractivity contribution in [1.29, 1.82) is 0 Å². The summed E-state index contributed by atoms with van der Waals surface area (Å²) in [4.78, 5) is 48.0. The molecular weight excluding hydrogens is 551 g/mol. The molecule has 4 aromatic rings. The molecule has 0 saturated carbocycles. The number of nitrogens with two attached hydrogens (primary N) is 2. The number of fused-ring (bicyclic) bond motifs is 1. The fraction of sp³-hybridized carbons (Fsp3) is 0.179. The minimum absolute atomic E-state index is 0. The van der Waals surface area contributed by atoms with Gasteiger partial charge in [0.25, 0.3) is 5.91 Å². The topological polar surface area (TPSA) is 182 Å². The van der Waals surface area contributed by atoms with Gasteiger partial charge in [0, 0.05) is 5.69 Å². The maximum Gasteiger partial charge on any atom is 0.321 e. The fourth-order valence-electron chi connectivity index (χ4n) is 4.19. The van der Waals surface area contributed by atoms with E-state index in [2.05, 4.69) is 15.7 Å². The molecule has 0 saturated heterocycles. The second-order valence-electron chi connectivity index (χ2n) is 9.21. The van der Waals surface area contributed by atoms with E-state index in [1.54, 1.807) is 54.6 Å². The second-order valence-corrected chi connectivity index (χ2v) is 9.21. The van der Waals surface area contributed by atoms with Crippen LogP contribution in [-0.2, 0) is 20.8 Å². The Balaban J connectivity index is 0.00000462. The van der Waals surface area contributed by atoms with Crippen LogP contribution in [0.5, 0.6) is 0 Å². The van der Waals surface area contributed by atoms with Gasteiger partial charge in [0.1, 0.15) is 11.9 Å². The molecule has 1 heterocycles. The van der Waals surface area contributed by atoms with Crippen LogP contribution in [0.15, 0.2) is 60.7 Å². The van der Waals surface area contributed by atoms with Crippen LogP contribution in [0.2, 0.25) is 0 Å². The maximum absolute atomic E-state index is 14.0. The normalized spacial score (nSPS) is 11.4. The molecule has 0 fully saturated rings. The zero-order valence-corrected chi connectivity index (χ0v) is 23.0. The van der Waals surface area contributed by atoms with Gasteiger partial charge in [-0.25, -0.2) is 4.39 Å². The van der Waals surface area contributed by atoms with Gasteiger partial charge in [-0.2, -0.15) is 18.2 Å². The summed E-state index contributed by atoms with van der Waals surface area (Å²) < 4.78 is 15.1. The lowest BCUT2D eigenvalue weighted by molar-refractivity contribution is -0.140. The third-order valence-electron chi connectivity index (χ3n) is 6.16. The van der Waals surface area contributed by atoms with Crippen LogP contribution in [0.1, 0.15) is 22.3 Å². The molecule has 1 atom stereocenters. The first-order chi connectivity index (χ1) is 19.0. The molecule has 0 aliphatic rings. The number of carboxylic acid groups (broad SMARTS) is 1. The van der Waals surface area contributed by atoms with E-state index in [1.165, 1.54) is 6.07 Å². The van der Waals surface area contributed by atoms with Gasteiger partial charge in [0.2, 0.25) is 11.8 Å². The van der Waals surface area contributed by atoms with E-state index in [1.807, 2.05) is 6.92 Å². The highest BCUT2D eigenvalue weighted by Gasteiger charge is 2.20. The SMILES string of the molecule is Cc1ccc(F)c(CC(=O)Nc2ccc(-c3cccc4c3c(N)nn4C(=O)CNC(=O)C[C@H](N)C(=O)O)cc2)c1.S. The molecule has 41 heavy (non-hydrogen) atoms. The number of amides is 2. The number of aliphatic carboxylic acids is 1. The van der Waals surface area contributed by atoms with Gasteiger partial charge in [-0.05, 0) is 47.9 Å².